The fourth-order valence-electron chi connectivity index (χ4n) is 2.48. The SMILES string of the molecule is C[C@@H](CN(C)C)N1C(=O)c2cc(N)c([N+](=O)[O-])cc2C1=O. The number of rotatable bonds is 4. The Morgan fingerprint density at radius 2 is 1.81 bits per heavy atom. The molecule has 1 aliphatic rings. The number of nitro groups is 1. The number of nitrogens with zero attached hydrogens (tertiary/aromatic N) is 3. The number of hydrogen-bond acceptors (Lipinski definition) is 6. The Hall–Kier alpha value is -2.48. The van der Waals surface area contributed by atoms with Crippen LogP contribution in [-0.2, 0) is 0 Å². The van der Waals surface area contributed by atoms with E-state index in [1.807, 2.05) is 19.0 Å². The van der Waals surface area contributed by atoms with Crippen LogP contribution < -0.4 is 5.73 Å². The van der Waals surface area contributed by atoms with Gasteiger partial charge >= 0.3 is 0 Å². The van der Waals surface area contributed by atoms with E-state index in [-0.39, 0.29) is 28.5 Å². The van der Waals surface area contributed by atoms with E-state index >= 15 is 0 Å². The number of fused-ring (bicyclic) bond motifs is 1. The third-order valence-electron chi connectivity index (χ3n) is 3.33. The zero-order valence-electron chi connectivity index (χ0n) is 12.0. The Labute approximate surface area is 121 Å². The fourth-order valence-corrected chi connectivity index (χ4v) is 2.48. The quantitative estimate of drug-likeness (QED) is 0.379. The highest BCUT2D eigenvalue weighted by Crippen LogP contribution is 2.32. The van der Waals surface area contributed by atoms with Gasteiger partial charge in [0.1, 0.15) is 5.69 Å². The van der Waals surface area contributed by atoms with Crippen LogP contribution in [0.3, 0.4) is 0 Å². The van der Waals surface area contributed by atoms with Crippen molar-refractivity contribution < 1.29 is 14.5 Å². The van der Waals surface area contributed by atoms with E-state index in [2.05, 4.69) is 0 Å². The van der Waals surface area contributed by atoms with Crippen LogP contribution in [0.4, 0.5) is 11.4 Å². The number of nitrogens with two attached hydrogens (primary N) is 1. The number of carbonyl (C=O) groups is 2. The molecule has 0 unspecified atom stereocenters. The smallest absolute Gasteiger partial charge is 0.292 e. The first-order valence-electron chi connectivity index (χ1n) is 6.34. The summed E-state index contributed by atoms with van der Waals surface area (Å²) in [6, 6.07) is 1.94. The number of anilines is 1. The van der Waals surface area contributed by atoms with E-state index in [4.69, 9.17) is 5.73 Å². The summed E-state index contributed by atoms with van der Waals surface area (Å²) in [6.07, 6.45) is 0. The average Bonchev–Trinajstić information content (AvgIpc) is 2.59. The minimum Gasteiger partial charge on any atom is -0.393 e. The van der Waals surface area contributed by atoms with Gasteiger partial charge in [-0.15, -0.1) is 0 Å². The molecule has 1 atom stereocenters. The predicted molar refractivity (Wildman–Crippen MR) is 76.0 cm³/mol. The molecule has 0 saturated carbocycles. The maximum Gasteiger partial charge on any atom is 0.292 e. The maximum absolute atomic E-state index is 12.3. The molecular weight excluding hydrogens is 276 g/mol. The second-order valence-corrected chi connectivity index (χ2v) is 5.31. The summed E-state index contributed by atoms with van der Waals surface area (Å²) in [4.78, 5) is 37.8. The molecule has 2 N–H and O–H groups in total. The number of likely N-dealkylation sites (N-methyl/N-ethyl adjacent to an activating group) is 1. The Kier molecular flexibility index (Phi) is 3.65. The molecule has 0 spiro atoms. The lowest BCUT2D eigenvalue weighted by Crippen LogP contribution is -2.43. The minimum atomic E-state index is -0.667. The summed E-state index contributed by atoms with van der Waals surface area (Å²) < 4.78 is 0. The normalized spacial score (nSPS) is 15.5. The van der Waals surface area contributed by atoms with Crippen molar-refractivity contribution in [3.63, 3.8) is 0 Å². The highest BCUT2D eigenvalue weighted by molar-refractivity contribution is 6.22. The van der Waals surface area contributed by atoms with Crippen LogP contribution in [0.1, 0.15) is 27.6 Å². The predicted octanol–water partition coefficient (Wildman–Crippen LogP) is 0.723. The van der Waals surface area contributed by atoms with Gasteiger partial charge < -0.3 is 10.6 Å². The Morgan fingerprint density at radius 1 is 1.29 bits per heavy atom. The molecule has 2 amide bonds. The molecule has 0 fully saturated rings. The van der Waals surface area contributed by atoms with Crippen molar-refractivity contribution >= 4 is 23.2 Å². The topological polar surface area (TPSA) is 110 Å². The van der Waals surface area contributed by atoms with Gasteiger partial charge in [-0.1, -0.05) is 0 Å². The molecule has 0 bridgehead atoms. The number of benzene rings is 1. The molecule has 2 rings (SSSR count). The second-order valence-electron chi connectivity index (χ2n) is 5.31. The first-order valence-corrected chi connectivity index (χ1v) is 6.34. The summed E-state index contributed by atoms with van der Waals surface area (Å²) in [6.45, 7) is 2.25. The van der Waals surface area contributed by atoms with Crippen LogP contribution in [-0.4, -0.2) is 53.2 Å². The zero-order valence-corrected chi connectivity index (χ0v) is 12.0. The standard InChI is InChI=1S/C13H16N4O4/c1-7(6-15(2)3)16-12(18)8-4-10(14)11(17(20)21)5-9(8)13(16)19/h4-5,7H,6,14H2,1-3H3/t7-/m0/s1. The zero-order chi connectivity index (χ0) is 15.9. The third-order valence-corrected chi connectivity index (χ3v) is 3.33. The first kappa shape index (κ1) is 14.9. The van der Waals surface area contributed by atoms with Crippen molar-refractivity contribution in [2.45, 2.75) is 13.0 Å². The molecular formula is C13H16N4O4. The van der Waals surface area contributed by atoms with Gasteiger partial charge in [-0.05, 0) is 27.1 Å². The molecule has 0 saturated heterocycles. The largest absolute Gasteiger partial charge is 0.393 e. The van der Waals surface area contributed by atoms with Crippen molar-refractivity contribution in [1.29, 1.82) is 0 Å². The summed E-state index contributed by atoms with van der Waals surface area (Å²) in [7, 11) is 3.66. The Balaban J connectivity index is 2.45. The summed E-state index contributed by atoms with van der Waals surface area (Å²) in [5.74, 6) is -0.988. The Morgan fingerprint density at radius 3 is 2.29 bits per heavy atom. The highest BCUT2D eigenvalue weighted by atomic mass is 16.6. The molecule has 8 nitrogen and oxygen atoms in total. The summed E-state index contributed by atoms with van der Waals surface area (Å²) in [5, 5.41) is 10.9. The van der Waals surface area contributed by atoms with Crippen LogP contribution in [0.15, 0.2) is 12.1 Å². The lowest BCUT2D eigenvalue weighted by atomic mass is 10.1. The molecule has 1 aromatic carbocycles. The van der Waals surface area contributed by atoms with Crippen molar-refractivity contribution in [3.8, 4) is 0 Å². The molecule has 0 aliphatic carbocycles. The maximum atomic E-state index is 12.3. The minimum absolute atomic E-state index is 0.0338. The van der Waals surface area contributed by atoms with Crippen LogP contribution in [0.25, 0.3) is 0 Å². The molecule has 8 heteroatoms. The van der Waals surface area contributed by atoms with Gasteiger partial charge in [0.2, 0.25) is 0 Å². The van der Waals surface area contributed by atoms with Crippen molar-refractivity contribution in [2.75, 3.05) is 26.4 Å². The van der Waals surface area contributed by atoms with Crippen molar-refractivity contribution in [2.24, 2.45) is 0 Å². The van der Waals surface area contributed by atoms with Crippen molar-refractivity contribution in [1.82, 2.24) is 9.80 Å². The molecule has 0 radical (unpaired) electrons. The summed E-state index contributed by atoms with van der Waals surface area (Å²) >= 11 is 0. The van der Waals surface area contributed by atoms with Gasteiger partial charge in [-0.3, -0.25) is 24.6 Å². The molecule has 1 heterocycles. The van der Waals surface area contributed by atoms with Crippen molar-refractivity contribution in [3.05, 3.63) is 33.4 Å². The van der Waals surface area contributed by atoms with Gasteiger partial charge in [0, 0.05) is 12.6 Å². The number of nitro benzene ring substituents is 1. The van der Waals surface area contributed by atoms with Crippen LogP contribution in [0.2, 0.25) is 0 Å². The Bertz CT molecular complexity index is 641. The van der Waals surface area contributed by atoms with Gasteiger partial charge in [0.05, 0.1) is 22.1 Å². The van der Waals surface area contributed by atoms with E-state index in [0.29, 0.717) is 6.54 Å². The van der Waals surface area contributed by atoms with Crippen LogP contribution in [0, 0.1) is 10.1 Å². The first-order chi connectivity index (χ1) is 9.73. The third kappa shape index (κ3) is 2.45. The highest BCUT2D eigenvalue weighted by Gasteiger charge is 2.40. The summed E-state index contributed by atoms with van der Waals surface area (Å²) in [5.41, 5.74) is 5.24. The van der Waals surface area contributed by atoms with Crippen LogP contribution >= 0.6 is 0 Å². The second kappa shape index (κ2) is 5.13. The van der Waals surface area contributed by atoms with Gasteiger partial charge in [0.15, 0.2) is 0 Å². The van der Waals surface area contributed by atoms with Gasteiger partial charge in [-0.2, -0.15) is 0 Å². The van der Waals surface area contributed by atoms with E-state index in [0.717, 1.165) is 11.0 Å². The molecule has 112 valence electrons. The van der Waals surface area contributed by atoms with Gasteiger partial charge in [0.25, 0.3) is 17.5 Å². The number of carbonyl (C=O) groups excluding carboxylic acids is 2. The number of nitrogen functional groups attached to an aromatic ring is 1. The molecule has 1 aliphatic heterocycles. The van der Waals surface area contributed by atoms with Crippen LogP contribution in [0.5, 0.6) is 0 Å². The fraction of sp³-hybridized carbons (Fsp3) is 0.385. The van der Waals surface area contributed by atoms with E-state index < -0.39 is 16.7 Å². The van der Waals surface area contributed by atoms with Gasteiger partial charge in [-0.25, -0.2) is 0 Å². The molecule has 21 heavy (non-hydrogen) atoms. The number of amides is 2. The number of hydrogen-bond donors (Lipinski definition) is 1. The van der Waals surface area contributed by atoms with E-state index in [1.165, 1.54) is 6.07 Å². The van der Waals surface area contributed by atoms with E-state index in [9.17, 15) is 19.7 Å². The average molecular weight is 292 g/mol. The molecule has 1 aromatic rings. The monoisotopic (exact) mass is 292 g/mol. The lowest BCUT2D eigenvalue weighted by Gasteiger charge is -2.25. The lowest BCUT2D eigenvalue weighted by molar-refractivity contribution is -0.383. The van der Waals surface area contributed by atoms with E-state index in [1.54, 1.807) is 6.92 Å². The molecule has 0 aromatic heterocycles. The number of imide groups is 1.